The summed E-state index contributed by atoms with van der Waals surface area (Å²) in [7, 11) is 7.02. The van der Waals surface area contributed by atoms with Crippen LogP contribution in [0.1, 0.15) is 30.5 Å². The molecule has 1 aliphatic rings. The zero-order valence-corrected chi connectivity index (χ0v) is 22.1. The number of ether oxygens (including phenoxy) is 2. The minimum atomic E-state index is -0.565. The van der Waals surface area contributed by atoms with E-state index in [2.05, 4.69) is 4.99 Å². The zero-order chi connectivity index (χ0) is 25.0. The lowest BCUT2D eigenvalue weighted by Crippen LogP contribution is -2.34. The number of carbonyl (C=O) groups excluding carboxylic acids is 2. The molecule has 2 aromatic rings. The Kier molecular flexibility index (Phi) is 8.04. The number of rotatable bonds is 6. The molecule has 182 valence electrons. The van der Waals surface area contributed by atoms with Crippen LogP contribution in [-0.2, 0) is 6.42 Å². The molecule has 0 saturated carbocycles. The highest BCUT2D eigenvalue weighted by Gasteiger charge is 2.33. The summed E-state index contributed by atoms with van der Waals surface area (Å²) in [6.45, 7) is 7.99. The van der Waals surface area contributed by atoms with Crippen molar-refractivity contribution in [3.63, 3.8) is 0 Å². The number of carbonyl (C=O) groups is 2. The van der Waals surface area contributed by atoms with E-state index in [0.29, 0.717) is 11.5 Å². The molecule has 0 unspecified atom stereocenters. The van der Waals surface area contributed by atoms with Gasteiger partial charge in [-0.15, -0.1) is 0 Å². The van der Waals surface area contributed by atoms with E-state index in [-0.39, 0.29) is 11.6 Å². The molecule has 0 saturated heterocycles. The molecule has 0 aromatic heterocycles. The van der Waals surface area contributed by atoms with E-state index in [4.69, 9.17) is 9.47 Å². The first-order valence-corrected chi connectivity index (χ1v) is 12.8. The van der Waals surface area contributed by atoms with Gasteiger partial charge in [0.15, 0.2) is 11.5 Å². The van der Waals surface area contributed by atoms with Crippen molar-refractivity contribution in [3.05, 3.63) is 53.1 Å². The summed E-state index contributed by atoms with van der Waals surface area (Å²) in [4.78, 5) is 31.0. The molecule has 0 N–H and O–H groups in total. The van der Waals surface area contributed by atoms with Crippen molar-refractivity contribution in [2.24, 2.45) is 4.99 Å². The first kappa shape index (κ1) is 25.8. The molecule has 3 rings (SSSR count). The van der Waals surface area contributed by atoms with E-state index in [0.717, 1.165) is 50.8 Å². The minimum absolute atomic E-state index is 0.288. The lowest BCUT2D eigenvalue weighted by atomic mass is 10.0. The van der Waals surface area contributed by atoms with E-state index >= 15 is 0 Å². The number of hydrogen-bond acceptors (Lipinski definition) is 7. The number of para-hydroxylation sites is 1. The Hall–Kier alpha value is -2.85. The van der Waals surface area contributed by atoms with Crippen LogP contribution in [0.2, 0.25) is 0 Å². The van der Waals surface area contributed by atoms with Crippen LogP contribution in [0.15, 0.2) is 41.4 Å². The summed E-state index contributed by atoms with van der Waals surface area (Å²) >= 11 is 0. The van der Waals surface area contributed by atoms with Crippen molar-refractivity contribution < 1.29 is 19.1 Å². The summed E-state index contributed by atoms with van der Waals surface area (Å²) in [6, 6.07) is 11.2. The Morgan fingerprint density at radius 1 is 1.09 bits per heavy atom. The zero-order valence-electron chi connectivity index (χ0n) is 20.5. The predicted molar refractivity (Wildman–Crippen MR) is 139 cm³/mol. The highest BCUT2D eigenvalue weighted by atomic mass is 33.1. The number of nitrogens with zero attached hydrogens (tertiary/aromatic N) is 4. The average Bonchev–Trinajstić information content (AvgIpc) is 3.10. The number of benzene rings is 2. The molecule has 0 spiro atoms. The fourth-order valence-electron chi connectivity index (χ4n) is 3.36. The molecule has 2 aromatic carbocycles. The quantitative estimate of drug-likeness (QED) is 0.209. The van der Waals surface area contributed by atoms with Crippen LogP contribution in [0, 0.1) is 13.8 Å². The monoisotopic (exact) mass is 502 g/mol. The maximum Gasteiger partial charge on any atom is 0.425 e. The van der Waals surface area contributed by atoms with Gasteiger partial charge in [-0.25, -0.2) is 18.9 Å². The molecule has 34 heavy (non-hydrogen) atoms. The van der Waals surface area contributed by atoms with Crippen LogP contribution in [0.5, 0.6) is 11.5 Å². The molecule has 1 aliphatic heterocycles. The number of aryl methyl sites for hydroxylation is 2. The molecule has 0 aliphatic carbocycles. The van der Waals surface area contributed by atoms with Crippen LogP contribution in [0.25, 0.3) is 0 Å². The van der Waals surface area contributed by atoms with Gasteiger partial charge in [0.25, 0.3) is 0 Å². The molecule has 1 heterocycles. The van der Waals surface area contributed by atoms with Gasteiger partial charge in [0.2, 0.25) is 0 Å². The average molecular weight is 503 g/mol. The van der Waals surface area contributed by atoms with Gasteiger partial charge < -0.3 is 9.47 Å². The van der Waals surface area contributed by atoms with Gasteiger partial charge in [0.1, 0.15) is 5.60 Å². The first-order chi connectivity index (χ1) is 16.0. The topological polar surface area (TPSA) is 74.7 Å². The van der Waals surface area contributed by atoms with Crippen LogP contribution in [0.4, 0.5) is 15.3 Å². The third-order valence-corrected chi connectivity index (χ3v) is 7.42. The summed E-state index contributed by atoms with van der Waals surface area (Å²) in [6.07, 6.45) is 1.67. The highest BCUT2D eigenvalue weighted by Crippen LogP contribution is 2.42. The van der Waals surface area contributed by atoms with Gasteiger partial charge in [-0.05, 0) is 45.4 Å². The Balaban J connectivity index is 1.52. The standard InChI is InChI=1S/C24H30N4O4S2/c1-16-11-12-19(17(2)13-16)25-15-26(5)22(29)27(6)33-34-28(7)23(30)31-20-10-8-9-18-14-24(3,4)32-21(18)20/h8-13,15H,14H2,1-7H3. The number of urea groups is 1. The van der Waals surface area contributed by atoms with Crippen molar-refractivity contribution >= 4 is 46.1 Å². The first-order valence-electron chi connectivity index (χ1n) is 10.7. The highest BCUT2D eigenvalue weighted by molar-refractivity contribution is 8.75. The van der Waals surface area contributed by atoms with E-state index in [1.807, 2.05) is 58.0 Å². The van der Waals surface area contributed by atoms with Gasteiger partial charge in [0, 0.05) is 55.1 Å². The summed E-state index contributed by atoms with van der Waals surface area (Å²) in [5.74, 6) is 0.987. The van der Waals surface area contributed by atoms with Crippen molar-refractivity contribution in [2.75, 3.05) is 21.1 Å². The Morgan fingerprint density at radius 3 is 2.50 bits per heavy atom. The normalized spacial score (nSPS) is 13.9. The lowest BCUT2D eigenvalue weighted by molar-refractivity contribution is 0.132. The molecular weight excluding hydrogens is 472 g/mol. The molecule has 0 radical (unpaired) electrons. The molecule has 0 atom stereocenters. The van der Waals surface area contributed by atoms with Gasteiger partial charge in [-0.3, -0.25) is 9.21 Å². The number of hydrogen-bond donors (Lipinski definition) is 0. The van der Waals surface area contributed by atoms with E-state index in [1.165, 1.54) is 19.8 Å². The second-order valence-electron chi connectivity index (χ2n) is 8.72. The molecule has 10 heteroatoms. The number of amides is 3. The fraction of sp³-hybridized carbons (Fsp3) is 0.375. The summed E-state index contributed by atoms with van der Waals surface area (Å²) in [5.41, 5.74) is 3.67. The minimum Gasteiger partial charge on any atom is -0.483 e. The molecule has 8 nitrogen and oxygen atoms in total. The van der Waals surface area contributed by atoms with E-state index in [9.17, 15) is 9.59 Å². The van der Waals surface area contributed by atoms with Gasteiger partial charge in [-0.1, -0.05) is 29.8 Å². The molecule has 0 fully saturated rings. The molecule has 3 amide bonds. The molecular formula is C24H30N4O4S2. The summed E-state index contributed by atoms with van der Waals surface area (Å²) in [5, 5.41) is 0. The summed E-state index contributed by atoms with van der Waals surface area (Å²) < 4.78 is 14.2. The Labute approximate surface area is 209 Å². The van der Waals surface area contributed by atoms with Crippen molar-refractivity contribution in [2.45, 2.75) is 39.7 Å². The van der Waals surface area contributed by atoms with E-state index < -0.39 is 6.09 Å². The number of aliphatic imine (C=N–C) groups is 1. The third-order valence-electron chi connectivity index (χ3n) is 5.06. The second kappa shape index (κ2) is 10.6. The van der Waals surface area contributed by atoms with Crippen molar-refractivity contribution in [3.8, 4) is 11.5 Å². The fourth-order valence-corrected chi connectivity index (χ4v) is 4.82. The maximum atomic E-state index is 12.6. The van der Waals surface area contributed by atoms with Crippen LogP contribution in [0.3, 0.4) is 0 Å². The molecule has 0 bridgehead atoms. The smallest absolute Gasteiger partial charge is 0.425 e. The van der Waals surface area contributed by atoms with Crippen molar-refractivity contribution in [1.29, 1.82) is 0 Å². The van der Waals surface area contributed by atoms with Gasteiger partial charge in [0.05, 0.1) is 12.0 Å². The van der Waals surface area contributed by atoms with Gasteiger partial charge >= 0.3 is 12.1 Å². The van der Waals surface area contributed by atoms with Crippen LogP contribution >= 0.6 is 22.0 Å². The van der Waals surface area contributed by atoms with Crippen molar-refractivity contribution in [1.82, 2.24) is 13.5 Å². The second-order valence-corrected chi connectivity index (χ2v) is 11.0. The Morgan fingerprint density at radius 2 is 1.79 bits per heavy atom. The van der Waals surface area contributed by atoms with Crippen LogP contribution in [-0.4, -0.2) is 58.7 Å². The SMILES string of the molecule is Cc1ccc(N=CN(C)C(=O)N(C)SSN(C)C(=O)Oc2cccc3c2OC(C)(C)C3)c(C)c1. The largest absolute Gasteiger partial charge is 0.483 e. The maximum absolute atomic E-state index is 12.6. The van der Waals surface area contributed by atoms with Gasteiger partial charge in [-0.2, -0.15) is 0 Å². The third kappa shape index (κ3) is 6.38. The van der Waals surface area contributed by atoms with Crippen LogP contribution < -0.4 is 9.47 Å². The Bertz CT molecular complexity index is 1110. The predicted octanol–water partition coefficient (Wildman–Crippen LogP) is 6.00. The lowest BCUT2D eigenvalue weighted by Gasteiger charge is -2.22. The number of fused-ring (bicyclic) bond motifs is 1. The van der Waals surface area contributed by atoms with E-state index in [1.54, 1.807) is 27.2 Å².